The van der Waals surface area contributed by atoms with Gasteiger partial charge in [-0.15, -0.1) is 0 Å². The van der Waals surface area contributed by atoms with Crippen molar-refractivity contribution in [1.82, 2.24) is 10.6 Å². The largest absolute Gasteiger partial charge is 0.352 e. The first kappa shape index (κ1) is 19.2. The van der Waals surface area contributed by atoms with Crippen LogP contribution >= 0.6 is 0 Å². The van der Waals surface area contributed by atoms with Crippen LogP contribution in [0.2, 0.25) is 0 Å². The fraction of sp³-hybridized carbons (Fsp3) is 0.391. The van der Waals surface area contributed by atoms with Crippen molar-refractivity contribution in [2.24, 2.45) is 0 Å². The Labute approximate surface area is 161 Å². The van der Waals surface area contributed by atoms with E-state index in [4.69, 9.17) is 0 Å². The van der Waals surface area contributed by atoms with Gasteiger partial charge in [-0.3, -0.25) is 9.59 Å². The third kappa shape index (κ3) is 4.97. The number of carbonyl (C=O) groups excluding carboxylic acids is 2. The molecule has 0 atom stereocenters. The average Bonchev–Trinajstić information content (AvgIpc) is 2.72. The number of hydrogen-bond acceptors (Lipinski definition) is 2. The summed E-state index contributed by atoms with van der Waals surface area (Å²) in [6, 6.07) is 18.0. The van der Waals surface area contributed by atoms with Crippen molar-refractivity contribution >= 4 is 11.8 Å². The summed E-state index contributed by atoms with van der Waals surface area (Å²) in [5.74, 6) is -0.0996. The highest BCUT2D eigenvalue weighted by atomic mass is 16.2. The summed E-state index contributed by atoms with van der Waals surface area (Å²) in [6.45, 7) is 2.65. The second-order valence-corrected chi connectivity index (χ2v) is 7.50. The van der Waals surface area contributed by atoms with E-state index in [-0.39, 0.29) is 17.2 Å². The molecule has 1 saturated carbocycles. The fourth-order valence-electron chi connectivity index (χ4n) is 3.94. The Kier molecular flexibility index (Phi) is 6.28. The zero-order valence-corrected chi connectivity index (χ0v) is 16.0. The number of nitrogens with one attached hydrogen (secondary N) is 2. The predicted octanol–water partition coefficient (Wildman–Crippen LogP) is 3.95. The van der Waals surface area contributed by atoms with Crippen LogP contribution in [0.1, 0.15) is 60.5 Å². The average molecular weight is 364 g/mol. The molecule has 2 N–H and O–H groups in total. The van der Waals surface area contributed by atoms with Crippen molar-refractivity contribution in [3.05, 3.63) is 71.3 Å². The molecule has 0 aliphatic heterocycles. The van der Waals surface area contributed by atoms with Gasteiger partial charge in [0.05, 0.1) is 0 Å². The van der Waals surface area contributed by atoms with Crippen molar-refractivity contribution in [2.45, 2.75) is 51.0 Å². The van der Waals surface area contributed by atoms with Crippen molar-refractivity contribution in [3.63, 3.8) is 0 Å². The van der Waals surface area contributed by atoms with Crippen LogP contribution in [0.3, 0.4) is 0 Å². The number of rotatable bonds is 6. The van der Waals surface area contributed by atoms with E-state index < -0.39 is 0 Å². The number of benzene rings is 2. The third-order valence-electron chi connectivity index (χ3n) is 5.54. The Morgan fingerprint density at radius 3 is 2.19 bits per heavy atom. The summed E-state index contributed by atoms with van der Waals surface area (Å²) in [5.41, 5.74) is 3.01. The molecule has 0 heterocycles. The molecule has 0 aromatic heterocycles. The standard InChI is InChI=1S/C23H28N2O2/c1-18(26)24-16-19-10-12-20(13-11-19)22(27)25-17-23(14-6-3-7-15-23)21-8-4-2-5-9-21/h2,4-5,8-13H,3,6-7,14-17H2,1H3,(H,24,26)(H,25,27). The molecule has 27 heavy (non-hydrogen) atoms. The fourth-order valence-corrected chi connectivity index (χ4v) is 3.94. The maximum atomic E-state index is 12.7. The van der Waals surface area contributed by atoms with Gasteiger partial charge >= 0.3 is 0 Å². The van der Waals surface area contributed by atoms with Gasteiger partial charge in [-0.05, 0) is 36.1 Å². The molecule has 142 valence electrons. The van der Waals surface area contributed by atoms with Gasteiger partial charge in [0.25, 0.3) is 5.91 Å². The molecule has 1 aliphatic carbocycles. The van der Waals surface area contributed by atoms with Crippen LogP contribution < -0.4 is 10.6 Å². The lowest BCUT2D eigenvalue weighted by molar-refractivity contribution is -0.119. The molecule has 2 amide bonds. The van der Waals surface area contributed by atoms with Crippen molar-refractivity contribution in [2.75, 3.05) is 6.54 Å². The van der Waals surface area contributed by atoms with Gasteiger partial charge in [0.15, 0.2) is 0 Å². The molecule has 1 aliphatic rings. The molecule has 2 aromatic rings. The van der Waals surface area contributed by atoms with E-state index in [0.717, 1.165) is 18.4 Å². The highest BCUT2D eigenvalue weighted by Gasteiger charge is 2.34. The lowest BCUT2D eigenvalue weighted by Crippen LogP contribution is -2.42. The molecular weight excluding hydrogens is 336 g/mol. The minimum atomic E-state index is -0.0597. The smallest absolute Gasteiger partial charge is 0.251 e. The van der Waals surface area contributed by atoms with Crippen LogP contribution in [0.5, 0.6) is 0 Å². The second-order valence-electron chi connectivity index (χ2n) is 7.50. The highest BCUT2D eigenvalue weighted by molar-refractivity contribution is 5.94. The third-order valence-corrected chi connectivity index (χ3v) is 5.54. The molecular formula is C23H28N2O2. The van der Waals surface area contributed by atoms with Crippen molar-refractivity contribution in [1.29, 1.82) is 0 Å². The summed E-state index contributed by atoms with van der Waals surface area (Å²) in [6.07, 6.45) is 5.93. The van der Waals surface area contributed by atoms with Crippen molar-refractivity contribution in [3.8, 4) is 0 Å². The summed E-state index contributed by atoms with van der Waals surface area (Å²) in [5, 5.41) is 5.93. The van der Waals surface area contributed by atoms with Crippen LogP contribution in [0, 0.1) is 0 Å². The maximum absolute atomic E-state index is 12.7. The van der Waals surface area contributed by atoms with Crippen LogP contribution in [0.25, 0.3) is 0 Å². The van der Waals surface area contributed by atoms with E-state index in [1.165, 1.54) is 31.7 Å². The first-order valence-corrected chi connectivity index (χ1v) is 9.76. The van der Waals surface area contributed by atoms with Crippen LogP contribution in [0.4, 0.5) is 0 Å². The van der Waals surface area contributed by atoms with E-state index in [1.807, 2.05) is 30.3 Å². The van der Waals surface area contributed by atoms with E-state index >= 15 is 0 Å². The Balaban J connectivity index is 1.65. The molecule has 0 saturated heterocycles. The van der Waals surface area contributed by atoms with E-state index in [1.54, 1.807) is 0 Å². The maximum Gasteiger partial charge on any atom is 0.251 e. The van der Waals surface area contributed by atoms with E-state index in [9.17, 15) is 9.59 Å². The summed E-state index contributed by atoms with van der Waals surface area (Å²) >= 11 is 0. The number of carbonyl (C=O) groups is 2. The monoisotopic (exact) mass is 364 g/mol. The molecule has 2 aromatic carbocycles. The lowest BCUT2D eigenvalue weighted by atomic mass is 9.69. The summed E-state index contributed by atoms with van der Waals surface area (Å²) in [4.78, 5) is 23.7. The number of amides is 2. The molecule has 4 nitrogen and oxygen atoms in total. The van der Waals surface area contributed by atoms with Crippen LogP contribution in [-0.4, -0.2) is 18.4 Å². The lowest BCUT2D eigenvalue weighted by Gasteiger charge is -2.38. The molecule has 0 spiro atoms. The van der Waals surface area contributed by atoms with Crippen LogP contribution in [-0.2, 0) is 16.8 Å². The van der Waals surface area contributed by atoms with Gasteiger partial charge in [-0.1, -0.05) is 61.7 Å². The van der Waals surface area contributed by atoms with Gasteiger partial charge in [-0.2, -0.15) is 0 Å². The quantitative estimate of drug-likeness (QED) is 0.815. The highest BCUT2D eigenvalue weighted by Crippen LogP contribution is 2.38. The Hall–Kier alpha value is -2.62. The minimum Gasteiger partial charge on any atom is -0.352 e. The SMILES string of the molecule is CC(=O)NCc1ccc(C(=O)NCC2(c3ccccc3)CCCCC2)cc1. The van der Waals surface area contributed by atoms with Gasteiger partial charge in [0.2, 0.25) is 5.91 Å². The minimum absolute atomic E-state index is 0.0399. The van der Waals surface area contributed by atoms with Gasteiger partial charge in [0.1, 0.15) is 0 Å². The van der Waals surface area contributed by atoms with E-state index in [2.05, 4.69) is 34.9 Å². The Bertz CT molecular complexity index is 763. The molecule has 0 radical (unpaired) electrons. The summed E-state index contributed by atoms with van der Waals surface area (Å²) < 4.78 is 0. The Morgan fingerprint density at radius 1 is 0.889 bits per heavy atom. The Morgan fingerprint density at radius 2 is 1.56 bits per heavy atom. The number of hydrogen-bond donors (Lipinski definition) is 2. The summed E-state index contributed by atoms with van der Waals surface area (Å²) in [7, 11) is 0. The van der Waals surface area contributed by atoms with Gasteiger partial charge < -0.3 is 10.6 Å². The zero-order chi connectivity index (χ0) is 19.1. The molecule has 4 heteroatoms. The van der Waals surface area contributed by atoms with Gasteiger partial charge in [0, 0.05) is 31.0 Å². The predicted molar refractivity (Wildman–Crippen MR) is 108 cm³/mol. The molecule has 0 unspecified atom stereocenters. The van der Waals surface area contributed by atoms with Gasteiger partial charge in [-0.25, -0.2) is 0 Å². The van der Waals surface area contributed by atoms with E-state index in [0.29, 0.717) is 18.7 Å². The van der Waals surface area contributed by atoms with Crippen molar-refractivity contribution < 1.29 is 9.59 Å². The topological polar surface area (TPSA) is 58.2 Å². The normalized spacial score (nSPS) is 15.7. The first-order chi connectivity index (χ1) is 13.1. The zero-order valence-electron chi connectivity index (χ0n) is 16.0. The second kappa shape index (κ2) is 8.85. The molecule has 1 fully saturated rings. The van der Waals surface area contributed by atoms with Crippen LogP contribution in [0.15, 0.2) is 54.6 Å². The molecule has 0 bridgehead atoms. The molecule has 3 rings (SSSR count). The first-order valence-electron chi connectivity index (χ1n) is 9.76.